The number of nitrogens with zero attached hydrogens (tertiary/aromatic N) is 1. The fourth-order valence-electron chi connectivity index (χ4n) is 4.94. The molecule has 0 aliphatic carbocycles. The number of likely N-dealkylation sites (tertiary alicyclic amines) is 1. The lowest BCUT2D eigenvalue weighted by atomic mass is 9.69. The minimum atomic E-state index is -0.242. The van der Waals surface area contributed by atoms with Crippen LogP contribution in [0.15, 0.2) is 78.9 Å². The summed E-state index contributed by atoms with van der Waals surface area (Å²) in [6.07, 6.45) is 2.87. The Balaban J connectivity index is 1.50. The van der Waals surface area contributed by atoms with Gasteiger partial charge in [-0.2, -0.15) is 0 Å². The molecular formula is C28H30FNO2. The number of benzene rings is 3. The van der Waals surface area contributed by atoms with E-state index < -0.39 is 0 Å². The van der Waals surface area contributed by atoms with Crippen LogP contribution in [0.25, 0.3) is 11.1 Å². The molecule has 3 nitrogen and oxygen atoms in total. The Morgan fingerprint density at radius 2 is 1.59 bits per heavy atom. The van der Waals surface area contributed by atoms with Crippen molar-refractivity contribution >= 4 is 5.91 Å². The third-order valence-electron chi connectivity index (χ3n) is 6.88. The van der Waals surface area contributed by atoms with Crippen LogP contribution in [0, 0.1) is 5.82 Å². The zero-order chi connectivity index (χ0) is 22.6. The van der Waals surface area contributed by atoms with Gasteiger partial charge in [-0.25, -0.2) is 4.39 Å². The summed E-state index contributed by atoms with van der Waals surface area (Å²) in [5, 5.41) is 9.42. The van der Waals surface area contributed by atoms with Crippen molar-refractivity contribution in [3.8, 4) is 11.1 Å². The first-order valence-electron chi connectivity index (χ1n) is 11.3. The van der Waals surface area contributed by atoms with Gasteiger partial charge in [0.05, 0.1) is 6.04 Å². The smallest absolute Gasteiger partial charge is 0.223 e. The maximum atomic E-state index is 13.3. The van der Waals surface area contributed by atoms with Gasteiger partial charge in [0.1, 0.15) is 5.82 Å². The van der Waals surface area contributed by atoms with Crippen molar-refractivity contribution < 1.29 is 14.3 Å². The van der Waals surface area contributed by atoms with Gasteiger partial charge in [0.15, 0.2) is 0 Å². The van der Waals surface area contributed by atoms with Crippen molar-refractivity contribution in [2.45, 2.75) is 44.1 Å². The van der Waals surface area contributed by atoms with Crippen molar-refractivity contribution in [3.05, 3.63) is 95.8 Å². The van der Waals surface area contributed by atoms with E-state index in [1.165, 1.54) is 17.7 Å². The number of piperidine rings is 1. The Morgan fingerprint density at radius 1 is 0.969 bits per heavy atom. The topological polar surface area (TPSA) is 40.5 Å². The average Bonchev–Trinajstić information content (AvgIpc) is 2.83. The van der Waals surface area contributed by atoms with E-state index in [1.807, 2.05) is 35.2 Å². The molecule has 1 saturated heterocycles. The largest absolute Gasteiger partial charge is 0.396 e. The van der Waals surface area contributed by atoms with Crippen LogP contribution >= 0.6 is 0 Å². The number of aliphatic hydroxyl groups excluding tert-OH is 1. The molecule has 3 aromatic carbocycles. The van der Waals surface area contributed by atoms with Crippen LogP contribution in [0.5, 0.6) is 0 Å². The second kappa shape index (κ2) is 9.66. The zero-order valence-corrected chi connectivity index (χ0v) is 18.5. The molecule has 1 amide bonds. The van der Waals surface area contributed by atoms with Gasteiger partial charge in [0, 0.05) is 25.0 Å². The summed E-state index contributed by atoms with van der Waals surface area (Å²) in [5.41, 5.74) is 4.07. The molecule has 0 aromatic heterocycles. The summed E-state index contributed by atoms with van der Waals surface area (Å²) in [4.78, 5) is 15.3. The standard InChI is InChI=1S/C28H30FNO2/c1-21(22-8-10-23(11-9-22)24-12-14-26(29)15-13-24)30-18-17-28(16-5-19-31,20-27(30)32)25-6-3-2-4-7-25/h2-4,6-15,21,31H,5,16-20H2,1H3/t21-,28+/m0/s1. The Morgan fingerprint density at radius 3 is 2.19 bits per heavy atom. The predicted octanol–water partition coefficient (Wildman–Crippen LogP) is 5.89. The third kappa shape index (κ3) is 4.61. The quantitative estimate of drug-likeness (QED) is 0.507. The first kappa shape index (κ1) is 22.2. The number of carbonyl (C=O) groups excluding carboxylic acids is 1. The molecule has 1 fully saturated rings. The number of aliphatic hydroxyl groups is 1. The number of amides is 1. The van der Waals surface area contributed by atoms with E-state index in [0.29, 0.717) is 19.4 Å². The molecule has 0 unspecified atom stereocenters. The molecule has 32 heavy (non-hydrogen) atoms. The number of hydrogen-bond acceptors (Lipinski definition) is 2. The lowest BCUT2D eigenvalue weighted by Gasteiger charge is -2.44. The van der Waals surface area contributed by atoms with Gasteiger partial charge < -0.3 is 10.0 Å². The fraction of sp³-hybridized carbons (Fsp3) is 0.321. The minimum absolute atomic E-state index is 0.0172. The molecular weight excluding hydrogens is 401 g/mol. The average molecular weight is 432 g/mol. The van der Waals surface area contributed by atoms with Crippen LogP contribution in [0.1, 0.15) is 49.8 Å². The van der Waals surface area contributed by atoms with E-state index in [-0.39, 0.29) is 29.8 Å². The van der Waals surface area contributed by atoms with Gasteiger partial charge in [-0.05, 0) is 60.6 Å². The van der Waals surface area contributed by atoms with E-state index in [1.54, 1.807) is 12.1 Å². The molecule has 0 bridgehead atoms. The third-order valence-corrected chi connectivity index (χ3v) is 6.88. The van der Waals surface area contributed by atoms with Crippen LogP contribution in [0.3, 0.4) is 0 Å². The monoisotopic (exact) mass is 431 g/mol. The van der Waals surface area contributed by atoms with Crippen LogP contribution in [-0.4, -0.2) is 29.1 Å². The molecule has 0 radical (unpaired) electrons. The summed E-state index contributed by atoms with van der Waals surface area (Å²) in [6, 6.07) is 24.9. The van der Waals surface area contributed by atoms with Gasteiger partial charge in [0.2, 0.25) is 5.91 Å². The summed E-state index contributed by atoms with van der Waals surface area (Å²) in [5.74, 6) is -0.0821. The fourth-order valence-corrected chi connectivity index (χ4v) is 4.94. The van der Waals surface area contributed by atoms with Gasteiger partial charge in [-0.15, -0.1) is 0 Å². The molecule has 1 N–H and O–H groups in total. The van der Waals surface area contributed by atoms with E-state index in [4.69, 9.17) is 0 Å². The molecule has 4 rings (SSSR count). The first-order valence-corrected chi connectivity index (χ1v) is 11.3. The summed E-state index contributed by atoms with van der Waals surface area (Å²) in [6.45, 7) is 2.91. The number of rotatable bonds is 7. The lowest BCUT2D eigenvalue weighted by molar-refractivity contribution is -0.138. The normalized spacial score (nSPS) is 19.7. The van der Waals surface area contributed by atoms with Crippen LogP contribution in [0.4, 0.5) is 4.39 Å². The molecule has 0 saturated carbocycles. The maximum absolute atomic E-state index is 13.3. The van der Waals surface area contributed by atoms with Crippen molar-refractivity contribution in [2.24, 2.45) is 0 Å². The second-order valence-corrected chi connectivity index (χ2v) is 8.79. The van der Waals surface area contributed by atoms with Gasteiger partial charge in [-0.1, -0.05) is 66.7 Å². The van der Waals surface area contributed by atoms with Crippen LogP contribution in [-0.2, 0) is 10.2 Å². The van der Waals surface area contributed by atoms with Crippen LogP contribution < -0.4 is 0 Å². The highest BCUT2D eigenvalue weighted by molar-refractivity contribution is 5.79. The molecule has 4 heteroatoms. The SMILES string of the molecule is C[C@@H](c1ccc(-c2ccc(F)cc2)cc1)N1CC[C@@](CCCO)(c2ccccc2)CC1=O. The predicted molar refractivity (Wildman–Crippen MR) is 126 cm³/mol. The van der Waals surface area contributed by atoms with E-state index >= 15 is 0 Å². The zero-order valence-electron chi connectivity index (χ0n) is 18.5. The minimum Gasteiger partial charge on any atom is -0.396 e. The van der Waals surface area contributed by atoms with Crippen molar-refractivity contribution in [2.75, 3.05) is 13.2 Å². The maximum Gasteiger partial charge on any atom is 0.223 e. The summed E-state index contributed by atoms with van der Waals surface area (Å²) < 4.78 is 13.2. The Hall–Kier alpha value is -2.98. The van der Waals surface area contributed by atoms with Crippen LogP contribution in [0.2, 0.25) is 0 Å². The molecule has 3 aromatic rings. The highest BCUT2D eigenvalue weighted by Crippen LogP contribution is 2.42. The Kier molecular flexibility index (Phi) is 6.71. The van der Waals surface area contributed by atoms with E-state index in [0.717, 1.165) is 29.5 Å². The molecule has 1 heterocycles. The number of halogens is 1. The first-order chi connectivity index (χ1) is 15.5. The van der Waals surface area contributed by atoms with E-state index in [2.05, 4.69) is 31.2 Å². The van der Waals surface area contributed by atoms with Crippen molar-refractivity contribution in [1.82, 2.24) is 4.90 Å². The van der Waals surface area contributed by atoms with E-state index in [9.17, 15) is 14.3 Å². The highest BCUT2D eigenvalue weighted by atomic mass is 19.1. The molecule has 1 aliphatic heterocycles. The van der Waals surface area contributed by atoms with Gasteiger partial charge >= 0.3 is 0 Å². The lowest BCUT2D eigenvalue weighted by Crippen LogP contribution is -2.47. The number of hydrogen-bond donors (Lipinski definition) is 1. The van der Waals surface area contributed by atoms with Gasteiger partial charge in [0.25, 0.3) is 0 Å². The molecule has 1 aliphatic rings. The molecule has 0 spiro atoms. The highest BCUT2D eigenvalue weighted by Gasteiger charge is 2.41. The van der Waals surface area contributed by atoms with Crippen molar-refractivity contribution in [3.63, 3.8) is 0 Å². The molecule has 2 atom stereocenters. The second-order valence-electron chi connectivity index (χ2n) is 8.79. The summed E-state index contributed by atoms with van der Waals surface area (Å²) >= 11 is 0. The number of carbonyl (C=O) groups is 1. The Labute approximate surface area is 189 Å². The molecule has 166 valence electrons. The summed E-state index contributed by atoms with van der Waals surface area (Å²) in [7, 11) is 0. The van der Waals surface area contributed by atoms with Gasteiger partial charge in [-0.3, -0.25) is 4.79 Å². The van der Waals surface area contributed by atoms with Crippen molar-refractivity contribution in [1.29, 1.82) is 0 Å². The Bertz CT molecular complexity index is 1030.